The normalized spacial score (nSPS) is 10.9. The highest BCUT2D eigenvalue weighted by Gasteiger charge is 2.09. The Bertz CT molecular complexity index is 900. The third-order valence-electron chi connectivity index (χ3n) is 3.37. The van der Waals surface area contributed by atoms with Crippen molar-refractivity contribution < 1.29 is 9.34 Å². The average Bonchev–Trinajstić information content (AvgIpc) is 3.04. The summed E-state index contributed by atoms with van der Waals surface area (Å²) in [4.78, 5) is 10.4. The van der Waals surface area contributed by atoms with Crippen LogP contribution in [0.2, 0.25) is 0 Å². The molecular weight excluding hydrogens is 306 g/mol. The molecule has 0 aliphatic heterocycles. The van der Waals surface area contributed by atoms with Crippen molar-refractivity contribution in [3.63, 3.8) is 0 Å². The van der Waals surface area contributed by atoms with E-state index in [0.29, 0.717) is 17.1 Å². The zero-order chi connectivity index (χ0) is 16.9. The summed E-state index contributed by atoms with van der Waals surface area (Å²) in [6.07, 6.45) is 1.56. The number of nitro benzene ring substituents is 1. The van der Waals surface area contributed by atoms with Crippen LogP contribution in [0.25, 0.3) is 11.3 Å². The number of anilines is 1. The van der Waals surface area contributed by atoms with Crippen LogP contribution in [0, 0.1) is 17.0 Å². The number of aryl methyl sites for hydroxylation is 1. The van der Waals surface area contributed by atoms with Gasteiger partial charge in [0, 0.05) is 17.7 Å². The Balaban J connectivity index is 1.72. The Kier molecular flexibility index (Phi) is 4.38. The number of benzene rings is 2. The molecule has 0 unspecified atom stereocenters. The van der Waals surface area contributed by atoms with E-state index in [1.165, 1.54) is 12.1 Å². The fraction of sp³-hybridized carbons (Fsp3) is 0.0556. The Morgan fingerprint density at radius 2 is 1.96 bits per heavy atom. The summed E-state index contributed by atoms with van der Waals surface area (Å²) >= 11 is 0. The zero-order valence-corrected chi connectivity index (χ0v) is 13.0. The summed E-state index contributed by atoms with van der Waals surface area (Å²) < 4.78 is 5.65. The van der Waals surface area contributed by atoms with Gasteiger partial charge in [-0.1, -0.05) is 24.3 Å². The summed E-state index contributed by atoms with van der Waals surface area (Å²) in [5.74, 6) is 1.10. The molecule has 3 aromatic rings. The predicted octanol–water partition coefficient (Wildman–Crippen LogP) is 4.61. The van der Waals surface area contributed by atoms with Crippen molar-refractivity contribution in [1.29, 1.82) is 0 Å². The molecule has 1 heterocycles. The topological polar surface area (TPSA) is 80.7 Å². The Labute approximate surface area is 138 Å². The van der Waals surface area contributed by atoms with Gasteiger partial charge in [0.25, 0.3) is 5.69 Å². The lowest BCUT2D eigenvalue weighted by molar-refractivity contribution is -0.384. The number of nitrogens with zero attached hydrogens (tertiary/aromatic N) is 2. The van der Waals surface area contributed by atoms with Crippen LogP contribution in [0.15, 0.2) is 70.2 Å². The van der Waals surface area contributed by atoms with Gasteiger partial charge in [0.15, 0.2) is 0 Å². The molecule has 0 spiro atoms. The lowest BCUT2D eigenvalue weighted by atomic mass is 10.1. The van der Waals surface area contributed by atoms with E-state index in [1.807, 2.05) is 31.2 Å². The number of nitro groups is 1. The van der Waals surface area contributed by atoms with E-state index < -0.39 is 4.92 Å². The molecular formula is C18H15N3O3. The molecule has 0 bridgehead atoms. The lowest BCUT2D eigenvalue weighted by Crippen LogP contribution is -1.89. The maximum atomic E-state index is 10.8. The van der Waals surface area contributed by atoms with E-state index in [2.05, 4.69) is 10.5 Å². The summed E-state index contributed by atoms with van der Waals surface area (Å²) in [5, 5.41) is 15.0. The number of non-ortho nitro benzene ring substituents is 1. The highest BCUT2D eigenvalue weighted by Crippen LogP contribution is 2.25. The highest BCUT2D eigenvalue weighted by molar-refractivity contribution is 5.78. The van der Waals surface area contributed by atoms with Crippen molar-refractivity contribution in [2.24, 2.45) is 5.10 Å². The standard InChI is InChI=1S/C18H15N3O3/c1-13-4-2-6-15(10-13)20-19-12-17-8-9-18(24-17)14-5-3-7-16(11-14)21(22)23/h2-12,20H,1H3/b19-12+. The van der Waals surface area contributed by atoms with Crippen LogP contribution in [0.4, 0.5) is 11.4 Å². The summed E-state index contributed by atoms with van der Waals surface area (Å²) in [6.45, 7) is 2.01. The van der Waals surface area contributed by atoms with Gasteiger partial charge in [-0.05, 0) is 36.8 Å². The molecule has 6 nitrogen and oxygen atoms in total. The van der Waals surface area contributed by atoms with Crippen molar-refractivity contribution in [3.05, 3.63) is 82.1 Å². The molecule has 0 saturated carbocycles. The minimum Gasteiger partial charge on any atom is -0.455 e. The molecule has 0 atom stereocenters. The molecule has 0 radical (unpaired) electrons. The second kappa shape index (κ2) is 6.78. The fourth-order valence-electron chi connectivity index (χ4n) is 2.24. The average molecular weight is 321 g/mol. The largest absolute Gasteiger partial charge is 0.455 e. The van der Waals surface area contributed by atoms with Gasteiger partial charge in [-0.2, -0.15) is 5.10 Å². The van der Waals surface area contributed by atoms with Gasteiger partial charge in [-0.3, -0.25) is 15.5 Å². The SMILES string of the molecule is Cc1cccc(N/N=C/c2ccc(-c3cccc([N+](=O)[O-])c3)o2)c1. The minimum absolute atomic E-state index is 0.0280. The van der Waals surface area contributed by atoms with E-state index >= 15 is 0 Å². The molecule has 2 aromatic carbocycles. The van der Waals surface area contributed by atoms with Crippen molar-refractivity contribution in [3.8, 4) is 11.3 Å². The molecule has 3 rings (SSSR count). The van der Waals surface area contributed by atoms with E-state index in [-0.39, 0.29) is 5.69 Å². The summed E-state index contributed by atoms with van der Waals surface area (Å²) in [6, 6.07) is 17.7. The fourth-order valence-corrected chi connectivity index (χ4v) is 2.24. The number of hydrogen-bond donors (Lipinski definition) is 1. The first-order valence-corrected chi connectivity index (χ1v) is 7.32. The van der Waals surface area contributed by atoms with Crippen LogP contribution in [0.5, 0.6) is 0 Å². The minimum atomic E-state index is -0.430. The molecule has 6 heteroatoms. The van der Waals surface area contributed by atoms with Crippen LogP contribution < -0.4 is 5.43 Å². The number of rotatable bonds is 5. The zero-order valence-electron chi connectivity index (χ0n) is 13.0. The molecule has 0 aliphatic carbocycles. The second-order valence-electron chi connectivity index (χ2n) is 5.25. The smallest absolute Gasteiger partial charge is 0.270 e. The second-order valence-corrected chi connectivity index (χ2v) is 5.25. The van der Waals surface area contributed by atoms with E-state index in [0.717, 1.165) is 11.3 Å². The number of nitrogens with one attached hydrogen (secondary N) is 1. The van der Waals surface area contributed by atoms with E-state index in [4.69, 9.17) is 4.42 Å². The van der Waals surface area contributed by atoms with E-state index in [9.17, 15) is 10.1 Å². The number of hydrogen-bond acceptors (Lipinski definition) is 5. The molecule has 1 aromatic heterocycles. The molecule has 24 heavy (non-hydrogen) atoms. The number of hydrazone groups is 1. The van der Waals surface area contributed by atoms with Crippen LogP contribution >= 0.6 is 0 Å². The van der Waals surface area contributed by atoms with E-state index in [1.54, 1.807) is 30.5 Å². The van der Waals surface area contributed by atoms with Gasteiger partial charge in [0.05, 0.1) is 16.8 Å². The highest BCUT2D eigenvalue weighted by atomic mass is 16.6. The van der Waals surface area contributed by atoms with Gasteiger partial charge in [-0.25, -0.2) is 0 Å². The molecule has 1 N–H and O–H groups in total. The summed E-state index contributed by atoms with van der Waals surface area (Å²) in [7, 11) is 0. The third-order valence-corrected chi connectivity index (χ3v) is 3.37. The monoisotopic (exact) mass is 321 g/mol. The van der Waals surface area contributed by atoms with Crippen molar-refractivity contribution >= 4 is 17.6 Å². The quantitative estimate of drug-likeness (QED) is 0.423. The van der Waals surface area contributed by atoms with Gasteiger partial charge in [0.1, 0.15) is 11.5 Å². The third kappa shape index (κ3) is 3.67. The molecule has 0 aliphatic rings. The van der Waals surface area contributed by atoms with Crippen LogP contribution in [-0.4, -0.2) is 11.1 Å². The van der Waals surface area contributed by atoms with Gasteiger partial charge in [0.2, 0.25) is 0 Å². The molecule has 0 saturated heterocycles. The van der Waals surface area contributed by atoms with Gasteiger partial charge in [-0.15, -0.1) is 0 Å². The van der Waals surface area contributed by atoms with Crippen molar-refractivity contribution in [2.45, 2.75) is 6.92 Å². The first-order valence-electron chi connectivity index (χ1n) is 7.32. The first kappa shape index (κ1) is 15.5. The number of furan rings is 1. The summed E-state index contributed by atoms with van der Waals surface area (Å²) in [5.41, 5.74) is 5.63. The van der Waals surface area contributed by atoms with Crippen LogP contribution in [-0.2, 0) is 0 Å². The van der Waals surface area contributed by atoms with Crippen LogP contribution in [0.3, 0.4) is 0 Å². The molecule has 120 valence electrons. The maximum absolute atomic E-state index is 10.8. The Morgan fingerprint density at radius 3 is 2.75 bits per heavy atom. The van der Waals surface area contributed by atoms with Crippen molar-refractivity contribution in [1.82, 2.24) is 0 Å². The molecule has 0 amide bonds. The lowest BCUT2D eigenvalue weighted by Gasteiger charge is -2.00. The molecule has 0 fully saturated rings. The first-order chi connectivity index (χ1) is 11.6. The predicted molar refractivity (Wildman–Crippen MR) is 93.2 cm³/mol. The Hall–Kier alpha value is -3.41. The van der Waals surface area contributed by atoms with Crippen LogP contribution in [0.1, 0.15) is 11.3 Å². The van der Waals surface area contributed by atoms with Crippen molar-refractivity contribution in [2.75, 3.05) is 5.43 Å². The van der Waals surface area contributed by atoms with Gasteiger partial charge >= 0.3 is 0 Å². The van der Waals surface area contributed by atoms with Gasteiger partial charge < -0.3 is 4.42 Å². The maximum Gasteiger partial charge on any atom is 0.270 e. The Morgan fingerprint density at radius 1 is 1.12 bits per heavy atom.